The van der Waals surface area contributed by atoms with Crippen molar-refractivity contribution >= 4 is 23.1 Å². The van der Waals surface area contributed by atoms with E-state index in [0.29, 0.717) is 11.3 Å². The standard InChI is InChI=1S/C25H30N2O4/c1-26(2)19-9-6-17(7-10-19)8-11-20(28)24-22(31-5)16-21(30-4)23(25(24)29)18-12-14-27(3)15-13-18/h6-12,16,29H,13-15H2,1-5H3/b11-8+. The van der Waals surface area contributed by atoms with Crippen molar-refractivity contribution in [1.29, 1.82) is 0 Å². The molecule has 1 aliphatic rings. The van der Waals surface area contributed by atoms with E-state index in [1.807, 2.05) is 50.3 Å². The lowest BCUT2D eigenvalue weighted by molar-refractivity contribution is 0.104. The Labute approximate surface area is 184 Å². The van der Waals surface area contributed by atoms with Crippen LogP contribution in [0.1, 0.15) is 27.9 Å². The SMILES string of the molecule is COc1cc(OC)c(C2=CCN(C)CC2)c(O)c1C(=O)/C=C/c1ccc(N(C)C)cc1. The van der Waals surface area contributed by atoms with Crippen LogP contribution >= 0.6 is 0 Å². The van der Waals surface area contributed by atoms with E-state index in [9.17, 15) is 9.90 Å². The minimum absolute atomic E-state index is 0.107. The number of hydrogen-bond donors (Lipinski definition) is 1. The second-order valence-electron chi connectivity index (χ2n) is 7.80. The summed E-state index contributed by atoms with van der Waals surface area (Å²) in [5, 5.41) is 11.1. The molecule has 0 fully saturated rings. The zero-order valence-corrected chi connectivity index (χ0v) is 18.8. The number of phenolic OH excluding ortho intramolecular Hbond substituents is 1. The highest BCUT2D eigenvalue weighted by Crippen LogP contribution is 2.44. The molecule has 3 rings (SSSR count). The molecule has 0 aliphatic carbocycles. The summed E-state index contributed by atoms with van der Waals surface area (Å²) in [5.74, 6) is 0.335. The Balaban J connectivity index is 1.99. The highest BCUT2D eigenvalue weighted by atomic mass is 16.5. The molecule has 0 saturated carbocycles. The van der Waals surface area contributed by atoms with Crippen molar-refractivity contribution in [1.82, 2.24) is 4.90 Å². The number of carbonyl (C=O) groups is 1. The summed E-state index contributed by atoms with van der Waals surface area (Å²) in [6.07, 6.45) is 6.01. The topological polar surface area (TPSA) is 62.2 Å². The van der Waals surface area contributed by atoms with Crippen molar-refractivity contribution in [2.75, 3.05) is 53.4 Å². The van der Waals surface area contributed by atoms with E-state index in [-0.39, 0.29) is 22.8 Å². The molecule has 0 aromatic heterocycles. The first-order chi connectivity index (χ1) is 14.8. The van der Waals surface area contributed by atoms with Gasteiger partial charge in [0.2, 0.25) is 0 Å². The van der Waals surface area contributed by atoms with Gasteiger partial charge in [0, 0.05) is 38.9 Å². The van der Waals surface area contributed by atoms with Gasteiger partial charge >= 0.3 is 0 Å². The number of methoxy groups -OCH3 is 2. The van der Waals surface area contributed by atoms with Crippen molar-refractivity contribution in [2.24, 2.45) is 0 Å². The Kier molecular flexibility index (Phi) is 7.02. The van der Waals surface area contributed by atoms with Crippen molar-refractivity contribution in [3.63, 3.8) is 0 Å². The van der Waals surface area contributed by atoms with Crippen LogP contribution in [0.3, 0.4) is 0 Å². The molecule has 0 bridgehead atoms. The second kappa shape index (κ2) is 9.71. The third-order valence-corrected chi connectivity index (χ3v) is 5.48. The Morgan fingerprint density at radius 3 is 2.35 bits per heavy atom. The molecular formula is C25H30N2O4. The summed E-state index contributed by atoms with van der Waals surface area (Å²) in [6.45, 7) is 1.64. The van der Waals surface area contributed by atoms with Crippen molar-refractivity contribution in [3.05, 3.63) is 59.2 Å². The summed E-state index contributed by atoms with van der Waals surface area (Å²) < 4.78 is 10.9. The van der Waals surface area contributed by atoms with Gasteiger partial charge < -0.3 is 24.4 Å². The molecule has 0 saturated heterocycles. The lowest BCUT2D eigenvalue weighted by Gasteiger charge is -2.24. The third-order valence-electron chi connectivity index (χ3n) is 5.48. The van der Waals surface area contributed by atoms with Gasteiger partial charge in [-0.15, -0.1) is 0 Å². The minimum Gasteiger partial charge on any atom is -0.506 e. The molecule has 6 nitrogen and oxygen atoms in total. The molecule has 0 amide bonds. The first-order valence-corrected chi connectivity index (χ1v) is 10.2. The van der Waals surface area contributed by atoms with Gasteiger partial charge in [0.1, 0.15) is 22.8 Å². The number of rotatable bonds is 7. The normalized spacial score (nSPS) is 14.4. The number of carbonyl (C=O) groups excluding carboxylic acids is 1. The fraction of sp³-hybridized carbons (Fsp3) is 0.320. The molecule has 2 aromatic carbocycles. The van der Waals surface area contributed by atoms with E-state index in [1.54, 1.807) is 19.3 Å². The summed E-state index contributed by atoms with van der Waals surface area (Å²) in [6, 6.07) is 9.53. The number of anilines is 1. The number of likely N-dealkylation sites (N-methyl/N-ethyl adjacent to an activating group) is 1. The molecule has 0 radical (unpaired) electrons. The zero-order chi connectivity index (χ0) is 22.5. The largest absolute Gasteiger partial charge is 0.506 e. The van der Waals surface area contributed by atoms with Gasteiger partial charge in [-0.2, -0.15) is 0 Å². The number of aromatic hydroxyl groups is 1. The van der Waals surface area contributed by atoms with Gasteiger partial charge in [0.25, 0.3) is 0 Å². The fourth-order valence-electron chi connectivity index (χ4n) is 3.63. The number of allylic oxidation sites excluding steroid dienone is 1. The van der Waals surface area contributed by atoms with Crippen molar-refractivity contribution < 1.29 is 19.4 Å². The Bertz CT molecular complexity index is 1010. The van der Waals surface area contributed by atoms with Crippen LogP contribution in [-0.2, 0) is 0 Å². The van der Waals surface area contributed by atoms with E-state index in [0.717, 1.165) is 36.3 Å². The number of nitrogens with zero attached hydrogens (tertiary/aromatic N) is 2. The van der Waals surface area contributed by atoms with Crippen LogP contribution < -0.4 is 14.4 Å². The highest BCUT2D eigenvalue weighted by Gasteiger charge is 2.26. The summed E-state index contributed by atoms with van der Waals surface area (Å²) in [4.78, 5) is 17.3. The smallest absolute Gasteiger partial charge is 0.193 e. The molecule has 6 heteroatoms. The summed E-state index contributed by atoms with van der Waals surface area (Å²) in [5.41, 5.74) is 3.63. The monoisotopic (exact) mass is 422 g/mol. The molecule has 1 heterocycles. The number of hydrogen-bond acceptors (Lipinski definition) is 6. The third kappa shape index (κ3) is 4.91. The quantitative estimate of drug-likeness (QED) is 0.536. The lowest BCUT2D eigenvalue weighted by Crippen LogP contribution is -2.23. The summed E-state index contributed by atoms with van der Waals surface area (Å²) >= 11 is 0. The maximum atomic E-state index is 13.1. The minimum atomic E-state index is -0.330. The molecular weight excluding hydrogens is 392 g/mol. The molecule has 0 atom stereocenters. The van der Waals surface area contributed by atoms with Gasteiger partial charge in [-0.05, 0) is 42.8 Å². The Hall–Kier alpha value is -3.25. The van der Waals surface area contributed by atoms with Crippen LogP contribution in [0.25, 0.3) is 11.6 Å². The van der Waals surface area contributed by atoms with Crippen LogP contribution in [0, 0.1) is 0 Å². The number of ether oxygens (including phenoxy) is 2. The maximum Gasteiger partial charge on any atom is 0.193 e. The van der Waals surface area contributed by atoms with Crippen LogP contribution in [0.5, 0.6) is 17.2 Å². The predicted octanol–water partition coefficient (Wildman–Crippen LogP) is 4.09. The first kappa shape index (κ1) is 22.4. The molecule has 0 spiro atoms. The van der Waals surface area contributed by atoms with Crippen LogP contribution in [0.2, 0.25) is 0 Å². The van der Waals surface area contributed by atoms with Crippen LogP contribution in [0.15, 0.2) is 42.5 Å². The average Bonchev–Trinajstić information content (AvgIpc) is 2.77. The molecule has 1 aliphatic heterocycles. The van der Waals surface area contributed by atoms with Crippen molar-refractivity contribution in [2.45, 2.75) is 6.42 Å². The lowest BCUT2D eigenvalue weighted by atomic mass is 9.93. The predicted molar refractivity (Wildman–Crippen MR) is 125 cm³/mol. The Morgan fingerprint density at radius 2 is 1.81 bits per heavy atom. The second-order valence-corrected chi connectivity index (χ2v) is 7.80. The average molecular weight is 423 g/mol. The highest BCUT2D eigenvalue weighted by molar-refractivity contribution is 6.11. The van der Waals surface area contributed by atoms with E-state index in [2.05, 4.69) is 11.0 Å². The van der Waals surface area contributed by atoms with Crippen molar-refractivity contribution in [3.8, 4) is 17.2 Å². The van der Waals surface area contributed by atoms with Crippen LogP contribution in [0.4, 0.5) is 5.69 Å². The molecule has 2 aromatic rings. The zero-order valence-electron chi connectivity index (χ0n) is 18.8. The number of ketones is 1. The number of phenols is 1. The molecule has 31 heavy (non-hydrogen) atoms. The summed E-state index contributed by atoms with van der Waals surface area (Å²) in [7, 11) is 9.02. The van der Waals surface area contributed by atoms with Gasteiger partial charge in [0.15, 0.2) is 5.78 Å². The van der Waals surface area contributed by atoms with Crippen LogP contribution in [-0.4, -0.2) is 64.2 Å². The van der Waals surface area contributed by atoms with E-state index in [4.69, 9.17) is 9.47 Å². The van der Waals surface area contributed by atoms with Gasteiger partial charge in [-0.25, -0.2) is 0 Å². The van der Waals surface area contributed by atoms with E-state index < -0.39 is 0 Å². The van der Waals surface area contributed by atoms with Gasteiger partial charge in [-0.1, -0.05) is 24.3 Å². The maximum absolute atomic E-state index is 13.1. The fourth-order valence-corrected chi connectivity index (χ4v) is 3.63. The first-order valence-electron chi connectivity index (χ1n) is 10.2. The van der Waals surface area contributed by atoms with E-state index >= 15 is 0 Å². The number of benzene rings is 2. The molecule has 164 valence electrons. The molecule has 1 N–H and O–H groups in total. The molecule has 0 unspecified atom stereocenters. The van der Waals surface area contributed by atoms with Gasteiger partial charge in [-0.3, -0.25) is 4.79 Å². The van der Waals surface area contributed by atoms with E-state index in [1.165, 1.54) is 13.2 Å². The Morgan fingerprint density at radius 1 is 1.13 bits per heavy atom. The van der Waals surface area contributed by atoms with Gasteiger partial charge in [0.05, 0.1) is 19.8 Å².